The first-order valence-corrected chi connectivity index (χ1v) is 13.4. The average molecular weight is 451 g/mol. The SMILES string of the molecule is C[C@H]1CSc2ccc(S(=O)(=O)N(Cc3cccs3)C3CCCCC3)cc2NC1=O. The van der Waals surface area contributed by atoms with Crippen LogP contribution >= 0.6 is 23.1 Å². The zero-order valence-electron chi connectivity index (χ0n) is 16.5. The van der Waals surface area contributed by atoms with Gasteiger partial charge in [-0.05, 0) is 42.5 Å². The number of anilines is 1. The largest absolute Gasteiger partial charge is 0.325 e. The highest BCUT2D eigenvalue weighted by Crippen LogP contribution is 2.36. The number of hydrogen-bond acceptors (Lipinski definition) is 5. The third-order valence-corrected chi connectivity index (χ3v) is 9.71. The number of nitrogens with one attached hydrogen (secondary N) is 1. The third kappa shape index (κ3) is 4.55. The van der Waals surface area contributed by atoms with Gasteiger partial charge in [0.05, 0.1) is 10.6 Å². The van der Waals surface area contributed by atoms with E-state index >= 15 is 0 Å². The van der Waals surface area contributed by atoms with Crippen molar-refractivity contribution in [3.05, 3.63) is 40.6 Å². The second-order valence-corrected chi connectivity index (χ2v) is 11.8. The molecule has 1 aliphatic carbocycles. The Morgan fingerprint density at radius 1 is 1.17 bits per heavy atom. The average Bonchev–Trinajstić information content (AvgIpc) is 3.19. The fourth-order valence-corrected chi connectivity index (χ4v) is 7.40. The van der Waals surface area contributed by atoms with Crippen LogP contribution in [0.15, 0.2) is 45.5 Å². The quantitative estimate of drug-likeness (QED) is 0.700. The molecule has 0 unspecified atom stereocenters. The van der Waals surface area contributed by atoms with Gasteiger partial charge in [-0.25, -0.2) is 8.42 Å². The molecular weight excluding hydrogens is 424 g/mol. The molecule has 0 radical (unpaired) electrons. The number of hydrogen-bond donors (Lipinski definition) is 1. The van der Waals surface area contributed by atoms with Crippen LogP contribution in [0.1, 0.15) is 43.9 Å². The lowest BCUT2D eigenvalue weighted by Gasteiger charge is -2.33. The topological polar surface area (TPSA) is 66.5 Å². The maximum absolute atomic E-state index is 13.7. The van der Waals surface area contributed by atoms with E-state index in [1.165, 1.54) is 6.42 Å². The Hall–Kier alpha value is -1.35. The van der Waals surface area contributed by atoms with Gasteiger partial charge in [-0.15, -0.1) is 23.1 Å². The van der Waals surface area contributed by atoms with Crippen molar-refractivity contribution in [2.75, 3.05) is 11.1 Å². The van der Waals surface area contributed by atoms with Crippen LogP contribution in [0.4, 0.5) is 5.69 Å². The van der Waals surface area contributed by atoms with Crippen molar-refractivity contribution in [1.82, 2.24) is 4.31 Å². The van der Waals surface area contributed by atoms with Crippen molar-refractivity contribution >= 4 is 44.7 Å². The Morgan fingerprint density at radius 3 is 2.69 bits per heavy atom. The number of thioether (sulfide) groups is 1. The molecule has 1 amide bonds. The summed E-state index contributed by atoms with van der Waals surface area (Å²) in [4.78, 5) is 14.5. The molecule has 2 heterocycles. The number of fused-ring (bicyclic) bond motifs is 1. The van der Waals surface area contributed by atoms with Gasteiger partial charge in [0, 0.05) is 34.0 Å². The predicted molar refractivity (Wildman–Crippen MR) is 119 cm³/mol. The number of benzene rings is 1. The summed E-state index contributed by atoms with van der Waals surface area (Å²) in [7, 11) is -3.67. The number of thiophene rings is 1. The molecule has 1 atom stereocenters. The molecule has 5 nitrogen and oxygen atoms in total. The number of amides is 1. The highest BCUT2D eigenvalue weighted by molar-refractivity contribution is 7.99. The lowest BCUT2D eigenvalue weighted by molar-refractivity contribution is -0.118. The summed E-state index contributed by atoms with van der Waals surface area (Å²) in [6.45, 7) is 2.29. The number of sulfonamides is 1. The minimum atomic E-state index is -3.67. The van der Waals surface area contributed by atoms with E-state index in [0.29, 0.717) is 18.0 Å². The zero-order chi connectivity index (χ0) is 20.4. The van der Waals surface area contributed by atoms with E-state index in [4.69, 9.17) is 0 Å². The summed E-state index contributed by atoms with van der Waals surface area (Å²) < 4.78 is 29.1. The molecule has 0 spiro atoms. The second kappa shape index (κ2) is 8.79. The van der Waals surface area contributed by atoms with Crippen LogP contribution in [0.2, 0.25) is 0 Å². The minimum Gasteiger partial charge on any atom is -0.325 e. The highest BCUT2D eigenvalue weighted by Gasteiger charge is 2.33. The Balaban J connectivity index is 1.68. The Labute approximate surface area is 180 Å². The summed E-state index contributed by atoms with van der Waals surface area (Å²) >= 11 is 3.18. The van der Waals surface area contributed by atoms with Crippen molar-refractivity contribution in [2.24, 2.45) is 5.92 Å². The predicted octanol–water partition coefficient (Wildman–Crippen LogP) is 4.95. The van der Waals surface area contributed by atoms with Crippen LogP contribution in [-0.2, 0) is 21.4 Å². The smallest absolute Gasteiger partial charge is 0.243 e. The van der Waals surface area contributed by atoms with E-state index in [0.717, 1.165) is 35.5 Å². The highest BCUT2D eigenvalue weighted by atomic mass is 32.2. The first kappa shape index (κ1) is 20.9. The minimum absolute atomic E-state index is 0.0265. The summed E-state index contributed by atoms with van der Waals surface area (Å²) in [5.74, 6) is 0.524. The Morgan fingerprint density at radius 2 is 1.97 bits per heavy atom. The molecule has 156 valence electrons. The van der Waals surface area contributed by atoms with Crippen LogP contribution in [0.5, 0.6) is 0 Å². The van der Waals surface area contributed by atoms with Gasteiger partial charge in [-0.2, -0.15) is 4.31 Å². The number of rotatable bonds is 5. The molecule has 1 N–H and O–H groups in total. The molecule has 1 fully saturated rings. The number of nitrogens with zero attached hydrogens (tertiary/aromatic N) is 1. The molecule has 0 bridgehead atoms. The molecule has 29 heavy (non-hydrogen) atoms. The summed E-state index contributed by atoms with van der Waals surface area (Å²) in [6, 6.07) is 9.13. The molecule has 2 aliphatic rings. The van der Waals surface area contributed by atoms with E-state index in [1.807, 2.05) is 30.5 Å². The first-order chi connectivity index (χ1) is 13.9. The van der Waals surface area contributed by atoms with Gasteiger partial charge >= 0.3 is 0 Å². The molecule has 8 heteroatoms. The van der Waals surface area contributed by atoms with Gasteiger partial charge in [0.15, 0.2) is 0 Å². The van der Waals surface area contributed by atoms with Crippen LogP contribution in [-0.4, -0.2) is 30.4 Å². The fraction of sp³-hybridized carbons (Fsp3) is 0.476. The molecule has 1 aromatic carbocycles. The molecule has 0 saturated heterocycles. The van der Waals surface area contributed by atoms with Crippen LogP contribution in [0, 0.1) is 5.92 Å². The van der Waals surface area contributed by atoms with Crippen molar-refractivity contribution in [3.63, 3.8) is 0 Å². The fourth-order valence-electron chi connectivity index (χ4n) is 3.91. The lowest BCUT2D eigenvalue weighted by Crippen LogP contribution is -2.40. The van der Waals surface area contributed by atoms with E-state index in [1.54, 1.807) is 39.5 Å². The van der Waals surface area contributed by atoms with Crippen LogP contribution in [0.25, 0.3) is 0 Å². The summed E-state index contributed by atoms with van der Waals surface area (Å²) in [5.41, 5.74) is 0.602. The normalized spacial score (nSPS) is 20.9. The van der Waals surface area contributed by atoms with E-state index in [2.05, 4.69) is 5.32 Å². The molecule has 2 aromatic rings. The van der Waals surface area contributed by atoms with Crippen LogP contribution in [0.3, 0.4) is 0 Å². The first-order valence-electron chi connectivity index (χ1n) is 10.1. The Kier molecular flexibility index (Phi) is 6.34. The van der Waals surface area contributed by atoms with Gasteiger partial charge in [-0.1, -0.05) is 32.3 Å². The summed E-state index contributed by atoms with van der Waals surface area (Å²) in [6.07, 6.45) is 5.11. The van der Waals surface area contributed by atoms with Crippen LogP contribution < -0.4 is 5.32 Å². The zero-order valence-corrected chi connectivity index (χ0v) is 18.9. The van der Waals surface area contributed by atoms with E-state index in [-0.39, 0.29) is 22.8 Å². The van der Waals surface area contributed by atoms with Gasteiger partial charge in [0.1, 0.15) is 0 Å². The van der Waals surface area contributed by atoms with Gasteiger partial charge in [-0.3, -0.25) is 4.79 Å². The van der Waals surface area contributed by atoms with Gasteiger partial charge in [0.25, 0.3) is 0 Å². The number of carbonyl (C=O) groups excluding carboxylic acids is 1. The van der Waals surface area contributed by atoms with Crippen molar-refractivity contribution in [2.45, 2.75) is 61.4 Å². The molecule has 1 saturated carbocycles. The van der Waals surface area contributed by atoms with E-state index in [9.17, 15) is 13.2 Å². The molecule has 1 aromatic heterocycles. The monoisotopic (exact) mass is 450 g/mol. The lowest BCUT2D eigenvalue weighted by atomic mass is 9.95. The maximum atomic E-state index is 13.7. The van der Waals surface area contributed by atoms with Crippen molar-refractivity contribution in [1.29, 1.82) is 0 Å². The van der Waals surface area contributed by atoms with E-state index < -0.39 is 10.0 Å². The molecule has 1 aliphatic heterocycles. The standard InChI is InChI=1S/C21H26N2O3S3/c1-15-14-28-20-10-9-18(12-19(20)22-21(15)24)29(25,26)23(13-17-8-5-11-27-17)16-6-3-2-4-7-16/h5,8-12,15-16H,2-4,6-7,13-14H2,1H3,(H,22,24)/t15-/m0/s1. The summed E-state index contributed by atoms with van der Waals surface area (Å²) in [5, 5.41) is 4.89. The third-order valence-electron chi connectivity index (χ3n) is 5.63. The van der Waals surface area contributed by atoms with Crippen molar-refractivity contribution < 1.29 is 13.2 Å². The number of carbonyl (C=O) groups is 1. The second-order valence-electron chi connectivity index (χ2n) is 7.78. The van der Waals surface area contributed by atoms with Gasteiger partial charge in [0.2, 0.25) is 15.9 Å². The van der Waals surface area contributed by atoms with Crippen molar-refractivity contribution in [3.8, 4) is 0 Å². The Bertz CT molecular complexity index is 967. The van der Waals surface area contributed by atoms with Gasteiger partial charge < -0.3 is 5.32 Å². The molecule has 4 rings (SSSR count). The maximum Gasteiger partial charge on any atom is 0.243 e. The molecular formula is C21H26N2O3S3.